The van der Waals surface area contributed by atoms with Crippen molar-refractivity contribution >= 4 is 46.8 Å². The van der Waals surface area contributed by atoms with Crippen LogP contribution < -0.4 is 10.6 Å². The third-order valence-corrected chi connectivity index (χ3v) is 4.10. The first-order valence-corrected chi connectivity index (χ1v) is 8.66. The number of carbonyl (C=O) groups excluding carboxylic acids is 2. The molecule has 0 fully saturated rings. The van der Waals surface area contributed by atoms with Gasteiger partial charge in [0.15, 0.2) is 5.76 Å². The lowest BCUT2D eigenvalue weighted by molar-refractivity contribution is -0.113. The van der Waals surface area contributed by atoms with Crippen LogP contribution in [0.15, 0.2) is 77.0 Å². The maximum Gasteiger partial charge on any atom is 0.291 e. The molecule has 136 valence electrons. The Kier molecular flexibility index (Phi) is 5.96. The minimum Gasteiger partial charge on any atom is -0.459 e. The molecule has 0 saturated heterocycles. The molecule has 0 unspecified atom stereocenters. The maximum atomic E-state index is 12.7. The van der Waals surface area contributed by atoms with Crippen LogP contribution in [0.2, 0.25) is 10.0 Å². The van der Waals surface area contributed by atoms with E-state index >= 15 is 0 Å². The van der Waals surface area contributed by atoms with Crippen LogP contribution in [0, 0.1) is 0 Å². The van der Waals surface area contributed by atoms with Crippen molar-refractivity contribution < 1.29 is 14.0 Å². The number of amides is 2. The van der Waals surface area contributed by atoms with Gasteiger partial charge in [0, 0.05) is 15.7 Å². The fraction of sp³-hybridized carbons (Fsp3) is 0. The Hall–Kier alpha value is -3.02. The van der Waals surface area contributed by atoms with Gasteiger partial charge in [0.1, 0.15) is 5.70 Å². The largest absolute Gasteiger partial charge is 0.459 e. The zero-order valence-corrected chi connectivity index (χ0v) is 15.4. The smallest absolute Gasteiger partial charge is 0.291 e. The third-order valence-electron chi connectivity index (χ3n) is 3.53. The Morgan fingerprint density at radius 2 is 1.78 bits per heavy atom. The Labute approximate surface area is 165 Å². The van der Waals surface area contributed by atoms with Crippen LogP contribution in [-0.2, 0) is 4.79 Å². The van der Waals surface area contributed by atoms with Gasteiger partial charge in [-0.3, -0.25) is 9.59 Å². The predicted molar refractivity (Wildman–Crippen MR) is 106 cm³/mol. The topological polar surface area (TPSA) is 71.3 Å². The minimum atomic E-state index is -0.556. The van der Waals surface area contributed by atoms with Crippen molar-refractivity contribution in [2.45, 2.75) is 0 Å². The van der Waals surface area contributed by atoms with Crippen molar-refractivity contribution in [3.63, 3.8) is 0 Å². The van der Waals surface area contributed by atoms with Gasteiger partial charge in [-0.25, -0.2) is 0 Å². The van der Waals surface area contributed by atoms with E-state index in [-0.39, 0.29) is 11.5 Å². The summed E-state index contributed by atoms with van der Waals surface area (Å²) in [6.07, 6.45) is 2.86. The van der Waals surface area contributed by atoms with Crippen LogP contribution in [0.1, 0.15) is 16.1 Å². The molecule has 0 spiro atoms. The van der Waals surface area contributed by atoms with Crippen molar-refractivity contribution in [1.82, 2.24) is 5.32 Å². The van der Waals surface area contributed by atoms with Crippen LogP contribution in [0.3, 0.4) is 0 Å². The molecule has 5 nitrogen and oxygen atoms in total. The van der Waals surface area contributed by atoms with Gasteiger partial charge in [-0.15, -0.1) is 0 Å². The van der Waals surface area contributed by atoms with Gasteiger partial charge >= 0.3 is 0 Å². The van der Waals surface area contributed by atoms with Gasteiger partial charge in [0.2, 0.25) is 0 Å². The normalized spacial score (nSPS) is 11.1. The molecule has 2 aromatic carbocycles. The van der Waals surface area contributed by atoms with E-state index in [1.807, 2.05) is 0 Å². The highest BCUT2D eigenvalue weighted by Crippen LogP contribution is 2.19. The van der Waals surface area contributed by atoms with Crippen molar-refractivity contribution in [2.24, 2.45) is 0 Å². The second-order valence-electron chi connectivity index (χ2n) is 5.48. The van der Waals surface area contributed by atoms with Gasteiger partial charge in [0.25, 0.3) is 11.8 Å². The lowest BCUT2D eigenvalue weighted by Gasteiger charge is -2.11. The Balaban J connectivity index is 1.90. The SMILES string of the molecule is O=C(Nc1cccc(Cl)c1)C(=Cc1ccccc1Cl)NC(=O)c1ccco1. The molecule has 7 heteroatoms. The van der Waals surface area contributed by atoms with E-state index in [2.05, 4.69) is 10.6 Å². The van der Waals surface area contributed by atoms with Crippen molar-refractivity contribution in [2.75, 3.05) is 5.32 Å². The summed E-state index contributed by atoms with van der Waals surface area (Å²) >= 11 is 12.1. The fourth-order valence-electron chi connectivity index (χ4n) is 2.26. The summed E-state index contributed by atoms with van der Waals surface area (Å²) in [4.78, 5) is 25.1. The highest BCUT2D eigenvalue weighted by Gasteiger charge is 2.17. The molecule has 3 rings (SSSR count). The quantitative estimate of drug-likeness (QED) is 0.592. The van der Waals surface area contributed by atoms with Gasteiger partial charge in [-0.2, -0.15) is 0 Å². The first-order valence-electron chi connectivity index (χ1n) is 7.91. The van der Waals surface area contributed by atoms with Gasteiger partial charge in [0.05, 0.1) is 6.26 Å². The standard InChI is InChI=1S/C20H14Cl2N2O3/c21-14-6-3-7-15(12-14)23-19(25)17(11-13-5-1-2-8-16(13)22)24-20(26)18-9-4-10-27-18/h1-12H,(H,23,25)(H,24,26). The van der Waals surface area contributed by atoms with E-state index in [0.29, 0.717) is 21.3 Å². The first-order chi connectivity index (χ1) is 13.0. The molecule has 0 aliphatic heterocycles. The molecule has 0 bridgehead atoms. The Morgan fingerprint density at radius 3 is 2.48 bits per heavy atom. The van der Waals surface area contributed by atoms with Crippen LogP contribution in [-0.4, -0.2) is 11.8 Å². The van der Waals surface area contributed by atoms with E-state index in [9.17, 15) is 9.59 Å². The van der Waals surface area contributed by atoms with E-state index in [4.69, 9.17) is 27.6 Å². The number of hydrogen-bond acceptors (Lipinski definition) is 3. The average Bonchev–Trinajstić information content (AvgIpc) is 3.17. The van der Waals surface area contributed by atoms with E-state index in [1.54, 1.807) is 54.6 Å². The second-order valence-corrected chi connectivity index (χ2v) is 6.32. The molecule has 1 aromatic heterocycles. The fourth-order valence-corrected chi connectivity index (χ4v) is 2.64. The number of furan rings is 1. The molecule has 2 N–H and O–H groups in total. The molecule has 0 saturated carbocycles. The Morgan fingerprint density at radius 1 is 0.963 bits per heavy atom. The van der Waals surface area contributed by atoms with Gasteiger partial charge in [-0.05, 0) is 48.0 Å². The summed E-state index contributed by atoms with van der Waals surface area (Å²) in [6.45, 7) is 0. The van der Waals surface area contributed by atoms with E-state index < -0.39 is 11.8 Å². The molecule has 27 heavy (non-hydrogen) atoms. The van der Waals surface area contributed by atoms with E-state index in [1.165, 1.54) is 18.4 Å². The summed E-state index contributed by atoms with van der Waals surface area (Å²) in [5, 5.41) is 6.17. The molecule has 2 amide bonds. The molecule has 0 atom stereocenters. The summed E-state index contributed by atoms with van der Waals surface area (Å²) < 4.78 is 5.07. The summed E-state index contributed by atoms with van der Waals surface area (Å²) in [7, 11) is 0. The summed E-state index contributed by atoms with van der Waals surface area (Å²) in [5.74, 6) is -1.01. The lowest BCUT2D eigenvalue weighted by atomic mass is 10.1. The number of nitrogens with one attached hydrogen (secondary N) is 2. The lowest BCUT2D eigenvalue weighted by Crippen LogP contribution is -2.30. The third kappa shape index (κ3) is 5.00. The number of carbonyl (C=O) groups is 2. The van der Waals surface area contributed by atoms with Crippen molar-refractivity contribution in [1.29, 1.82) is 0 Å². The molecule has 1 heterocycles. The summed E-state index contributed by atoms with van der Waals surface area (Å²) in [6, 6.07) is 16.7. The molecule has 0 aliphatic carbocycles. The van der Waals surface area contributed by atoms with Crippen LogP contribution in [0.4, 0.5) is 5.69 Å². The van der Waals surface area contributed by atoms with Crippen molar-refractivity contribution in [3.05, 3.63) is 94.0 Å². The highest BCUT2D eigenvalue weighted by molar-refractivity contribution is 6.32. The van der Waals surface area contributed by atoms with Crippen molar-refractivity contribution in [3.8, 4) is 0 Å². The monoisotopic (exact) mass is 400 g/mol. The highest BCUT2D eigenvalue weighted by atomic mass is 35.5. The number of anilines is 1. The van der Waals surface area contributed by atoms with Gasteiger partial charge in [-0.1, -0.05) is 47.5 Å². The number of benzene rings is 2. The first kappa shape index (κ1) is 18.8. The maximum absolute atomic E-state index is 12.7. The molecular weight excluding hydrogens is 387 g/mol. The van der Waals surface area contributed by atoms with E-state index in [0.717, 1.165) is 0 Å². The molecule has 0 aliphatic rings. The second kappa shape index (κ2) is 8.58. The average molecular weight is 401 g/mol. The zero-order chi connectivity index (χ0) is 19.2. The molecule has 3 aromatic rings. The predicted octanol–water partition coefficient (Wildman–Crippen LogP) is 5.00. The zero-order valence-electron chi connectivity index (χ0n) is 13.9. The number of rotatable bonds is 5. The number of hydrogen-bond donors (Lipinski definition) is 2. The van der Waals surface area contributed by atoms with Crippen LogP contribution in [0.25, 0.3) is 6.08 Å². The summed E-state index contributed by atoms with van der Waals surface area (Å²) in [5.41, 5.74) is 1.07. The van der Waals surface area contributed by atoms with Gasteiger partial charge < -0.3 is 15.1 Å². The molecule has 0 radical (unpaired) electrons. The van der Waals surface area contributed by atoms with Crippen LogP contribution in [0.5, 0.6) is 0 Å². The van der Waals surface area contributed by atoms with Crippen LogP contribution >= 0.6 is 23.2 Å². The molecular formula is C20H14Cl2N2O3. The Bertz CT molecular complexity index is 998. The minimum absolute atomic E-state index is 0.00414. The number of halogens is 2.